The van der Waals surface area contributed by atoms with Gasteiger partial charge in [-0.05, 0) is 18.2 Å². The van der Waals surface area contributed by atoms with E-state index in [2.05, 4.69) is 15.2 Å². The third-order valence-corrected chi connectivity index (χ3v) is 4.09. The van der Waals surface area contributed by atoms with Crippen molar-refractivity contribution in [1.29, 1.82) is 0 Å². The molecule has 116 valence electrons. The highest BCUT2D eigenvalue weighted by Gasteiger charge is 2.17. The number of nitrogens with one attached hydrogen (secondary N) is 1. The highest BCUT2D eigenvalue weighted by atomic mass is 19.1. The van der Waals surface area contributed by atoms with E-state index in [4.69, 9.17) is 4.98 Å². The van der Waals surface area contributed by atoms with E-state index < -0.39 is 0 Å². The number of aromatic nitrogens is 2. The number of halogens is 1. The van der Waals surface area contributed by atoms with Gasteiger partial charge in [0.15, 0.2) is 0 Å². The standard InChI is InChI=1S/C18H17FN4/c19-14-6-7-16-15(12-14)17(13-4-2-1-3-5-13)22-18(21-16)23-10-8-20-9-11-23/h1-7,12,20H,8-11H2. The molecule has 0 atom stereocenters. The van der Waals surface area contributed by atoms with E-state index in [1.54, 1.807) is 6.07 Å². The first-order chi connectivity index (χ1) is 11.3. The number of nitrogens with zero attached hydrogens (tertiary/aromatic N) is 3. The van der Waals surface area contributed by atoms with Gasteiger partial charge in [0.25, 0.3) is 0 Å². The monoisotopic (exact) mass is 308 g/mol. The minimum absolute atomic E-state index is 0.270. The van der Waals surface area contributed by atoms with Gasteiger partial charge in [-0.3, -0.25) is 0 Å². The van der Waals surface area contributed by atoms with Crippen molar-refractivity contribution in [3.8, 4) is 11.3 Å². The lowest BCUT2D eigenvalue weighted by atomic mass is 10.1. The molecule has 4 rings (SSSR count). The topological polar surface area (TPSA) is 41.1 Å². The maximum Gasteiger partial charge on any atom is 0.226 e. The molecular weight excluding hydrogens is 291 g/mol. The van der Waals surface area contributed by atoms with Crippen LogP contribution in [0.5, 0.6) is 0 Å². The average molecular weight is 308 g/mol. The van der Waals surface area contributed by atoms with Crippen molar-refractivity contribution in [3.63, 3.8) is 0 Å². The summed E-state index contributed by atoms with van der Waals surface area (Å²) in [5.41, 5.74) is 2.53. The Kier molecular flexibility index (Phi) is 3.63. The van der Waals surface area contributed by atoms with E-state index in [-0.39, 0.29) is 5.82 Å². The molecule has 5 heteroatoms. The van der Waals surface area contributed by atoms with E-state index in [1.807, 2.05) is 30.3 Å². The van der Waals surface area contributed by atoms with E-state index in [0.717, 1.165) is 48.3 Å². The van der Waals surface area contributed by atoms with Crippen molar-refractivity contribution >= 4 is 16.9 Å². The summed E-state index contributed by atoms with van der Waals surface area (Å²) in [6.07, 6.45) is 0. The SMILES string of the molecule is Fc1ccc2nc(N3CCNCC3)nc(-c3ccccc3)c2c1. The highest BCUT2D eigenvalue weighted by Crippen LogP contribution is 2.28. The number of piperazine rings is 1. The molecule has 0 spiro atoms. The molecule has 0 saturated carbocycles. The van der Waals surface area contributed by atoms with Crippen LogP contribution in [0.4, 0.5) is 10.3 Å². The molecule has 2 aromatic carbocycles. The Morgan fingerprint density at radius 3 is 2.52 bits per heavy atom. The molecule has 0 amide bonds. The maximum atomic E-state index is 13.7. The summed E-state index contributed by atoms with van der Waals surface area (Å²) in [6, 6.07) is 14.6. The molecule has 1 N–H and O–H groups in total. The third-order valence-electron chi connectivity index (χ3n) is 4.09. The van der Waals surface area contributed by atoms with Crippen LogP contribution in [0.3, 0.4) is 0 Å². The number of benzene rings is 2. The van der Waals surface area contributed by atoms with Crippen LogP contribution in [0.25, 0.3) is 22.2 Å². The summed E-state index contributed by atoms with van der Waals surface area (Å²) in [6.45, 7) is 3.60. The van der Waals surface area contributed by atoms with Gasteiger partial charge in [-0.25, -0.2) is 14.4 Å². The minimum Gasteiger partial charge on any atom is -0.338 e. The fraction of sp³-hybridized carbons (Fsp3) is 0.222. The van der Waals surface area contributed by atoms with Gasteiger partial charge in [-0.1, -0.05) is 30.3 Å². The Morgan fingerprint density at radius 1 is 0.957 bits per heavy atom. The van der Waals surface area contributed by atoms with Crippen molar-refractivity contribution in [3.05, 3.63) is 54.3 Å². The fourth-order valence-electron chi connectivity index (χ4n) is 2.91. The predicted octanol–water partition coefficient (Wildman–Crippen LogP) is 2.85. The number of fused-ring (bicyclic) bond motifs is 1. The lowest BCUT2D eigenvalue weighted by Crippen LogP contribution is -2.44. The van der Waals surface area contributed by atoms with Crippen LogP contribution in [0, 0.1) is 5.82 Å². The molecule has 23 heavy (non-hydrogen) atoms. The van der Waals surface area contributed by atoms with Crippen LogP contribution < -0.4 is 10.2 Å². The minimum atomic E-state index is -0.270. The predicted molar refractivity (Wildman–Crippen MR) is 90.0 cm³/mol. The number of rotatable bonds is 2. The fourth-order valence-corrected chi connectivity index (χ4v) is 2.91. The molecule has 4 nitrogen and oxygen atoms in total. The summed E-state index contributed by atoms with van der Waals surface area (Å²) < 4.78 is 13.7. The van der Waals surface area contributed by atoms with Gasteiger partial charge in [0.05, 0.1) is 11.2 Å². The van der Waals surface area contributed by atoms with Gasteiger partial charge >= 0.3 is 0 Å². The van der Waals surface area contributed by atoms with Crippen molar-refractivity contribution in [2.24, 2.45) is 0 Å². The molecule has 3 aromatic rings. The van der Waals surface area contributed by atoms with Crippen LogP contribution in [0.15, 0.2) is 48.5 Å². The third kappa shape index (κ3) is 2.75. The van der Waals surface area contributed by atoms with E-state index in [9.17, 15) is 4.39 Å². The number of hydrogen-bond acceptors (Lipinski definition) is 4. The average Bonchev–Trinajstić information content (AvgIpc) is 2.62. The second kappa shape index (κ2) is 5.93. The Labute approximate surface area is 134 Å². The summed E-state index contributed by atoms with van der Waals surface area (Å²) in [4.78, 5) is 11.6. The Hall–Kier alpha value is -2.53. The molecule has 1 saturated heterocycles. The molecule has 0 aliphatic carbocycles. The maximum absolute atomic E-state index is 13.7. The zero-order valence-electron chi connectivity index (χ0n) is 12.7. The molecular formula is C18H17FN4. The van der Waals surface area contributed by atoms with Gasteiger partial charge < -0.3 is 10.2 Å². The van der Waals surface area contributed by atoms with Crippen molar-refractivity contribution in [2.45, 2.75) is 0 Å². The van der Waals surface area contributed by atoms with Gasteiger partial charge in [-0.2, -0.15) is 0 Å². The first-order valence-corrected chi connectivity index (χ1v) is 7.80. The van der Waals surface area contributed by atoms with Crippen LogP contribution in [0.2, 0.25) is 0 Å². The van der Waals surface area contributed by atoms with E-state index >= 15 is 0 Å². The lowest BCUT2D eigenvalue weighted by molar-refractivity contribution is 0.580. The normalized spacial score (nSPS) is 15.1. The highest BCUT2D eigenvalue weighted by molar-refractivity contribution is 5.93. The zero-order valence-corrected chi connectivity index (χ0v) is 12.7. The first kappa shape index (κ1) is 14.1. The second-order valence-electron chi connectivity index (χ2n) is 5.64. The van der Waals surface area contributed by atoms with Crippen molar-refractivity contribution < 1.29 is 4.39 Å². The second-order valence-corrected chi connectivity index (χ2v) is 5.64. The van der Waals surface area contributed by atoms with Crippen LogP contribution >= 0.6 is 0 Å². The van der Waals surface area contributed by atoms with E-state index in [1.165, 1.54) is 12.1 Å². The van der Waals surface area contributed by atoms with E-state index in [0.29, 0.717) is 5.95 Å². The number of anilines is 1. The van der Waals surface area contributed by atoms with Crippen LogP contribution in [0.1, 0.15) is 0 Å². The Morgan fingerprint density at radius 2 is 1.74 bits per heavy atom. The molecule has 1 fully saturated rings. The van der Waals surface area contributed by atoms with Gasteiger partial charge in [0.1, 0.15) is 5.82 Å². The van der Waals surface area contributed by atoms with Crippen LogP contribution in [-0.4, -0.2) is 36.1 Å². The quantitative estimate of drug-likeness (QED) is 0.790. The molecule has 0 bridgehead atoms. The molecule has 0 radical (unpaired) electrons. The summed E-state index contributed by atoms with van der Waals surface area (Å²) in [5, 5.41) is 4.07. The van der Waals surface area contributed by atoms with Gasteiger partial charge in [0.2, 0.25) is 5.95 Å². The zero-order chi connectivity index (χ0) is 15.6. The molecule has 1 aliphatic rings. The molecule has 0 unspecified atom stereocenters. The van der Waals surface area contributed by atoms with Gasteiger partial charge in [-0.15, -0.1) is 0 Å². The molecule has 2 heterocycles. The number of hydrogen-bond donors (Lipinski definition) is 1. The van der Waals surface area contributed by atoms with Crippen LogP contribution in [-0.2, 0) is 0 Å². The van der Waals surface area contributed by atoms with Crippen molar-refractivity contribution in [1.82, 2.24) is 15.3 Å². The molecule has 1 aromatic heterocycles. The summed E-state index contributed by atoms with van der Waals surface area (Å²) >= 11 is 0. The Balaban J connectivity index is 1.91. The lowest BCUT2D eigenvalue weighted by Gasteiger charge is -2.28. The largest absolute Gasteiger partial charge is 0.338 e. The Bertz CT molecular complexity index is 829. The van der Waals surface area contributed by atoms with Gasteiger partial charge in [0, 0.05) is 37.1 Å². The summed E-state index contributed by atoms with van der Waals surface area (Å²) in [5.74, 6) is 0.442. The smallest absolute Gasteiger partial charge is 0.226 e. The van der Waals surface area contributed by atoms with Crippen molar-refractivity contribution in [2.75, 3.05) is 31.1 Å². The molecule has 1 aliphatic heterocycles. The summed E-state index contributed by atoms with van der Waals surface area (Å²) in [7, 11) is 0. The first-order valence-electron chi connectivity index (χ1n) is 7.80.